The van der Waals surface area contributed by atoms with E-state index in [1.807, 2.05) is 0 Å². The van der Waals surface area contributed by atoms with Crippen molar-refractivity contribution in [2.45, 2.75) is 19.9 Å². The topological polar surface area (TPSA) is 73.6 Å². The molecule has 19 heavy (non-hydrogen) atoms. The van der Waals surface area contributed by atoms with Gasteiger partial charge in [-0.2, -0.15) is 0 Å². The fourth-order valence-electron chi connectivity index (χ4n) is 1.58. The minimum atomic E-state index is -1.34. The Hall–Kier alpha value is -1.60. The zero-order chi connectivity index (χ0) is 14.2. The highest BCUT2D eigenvalue weighted by Gasteiger charge is 2.35. The molecule has 5 nitrogen and oxygen atoms in total. The van der Waals surface area contributed by atoms with E-state index in [1.54, 1.807) is 25.1 Å². The number of thioether (sulfide) groups is 1. The molecule has 1 aromatic rings. The molecule has 1 amide bonds. The molecule has 1 atom stereocenters. The zero-order valence-corrected chi connectivity index (χ0v) is 11.8. The summed E-state index contributed by atoms with van der Waals surface area (Å²) in [6, 6.07) is 2.41. The van der Waals surface area contributed by atoms with Gasteiger partial charge < -0.3 is 14.3 Å². The van der Waals surface area contributed by atoms with Gasteiger partial charge in [-0.15, -0.1) is 0 Å². The summed E-state index contributed by atoms with van der Waals surface area (Å²) in [5.74, 6) is -0.531. The minimum Gasteiger partial charge on any atom is -0.548 e. The maximum Gasteiger partial charge on any atom is 0.266 e. The average molecular weight is 296 g/mol. The molecule has 0 bridgehead atoms. The lowest BCUT2D eigenvalue weighted by molar-refractivity contribution is -0.309. The van der Waals surface area contributed by atoms with Gasteiger partial charge in [0, 0.05) is 6.08 Å². The van der Waals surface area contributed by atoms with Crippen molar-refractivity contribution in [2.75, 3.05) is 0 Å². The van der Waals surface area contributed by atoms with E-state index in [2.05, 4.69) is 0 Å². The average Bonchev–Trinajstić information content (AvgIpc) is 2.84. The van der Waals surface area contributed by atoms with Crippen molar-refractivity contribution in [3.63, 3.8) is 0 Å². The molecular weight excluding hydrogens is 286 g/mol. The first-order chi connectivity index (χ1) is 8.90. The highest BCUT2D eigenvalue weighted by atomic mass is 32.2. The quantitative estimate of drug-likeness (QED) is 0.610. The van der Waals surface area contributed by atoms with Gasteiger partial charge in [0.1, 0.15) is 15.8 Å². The molecule has 0 radical (unpaired) electrons. The normalized spacial score (nSPS) is 19.3. The molecule has 2 heterocycles. The van der Waals surface area contributed by atoms with Crippen LogP contribution in [-0.2, 0) is 9.59 Å². The van der Waals surface area contributed by atoms with E-state index in [4.69, 9.17) is 16.6 Å². The molecule has 0 N–H and O–H groups in total. The van der Waals surface area contributed by atoms with Crippen molar-refractivity contribution >= 4 is 46.3 Å². The number of rotatable bonds is 3. The summed E-state index contributed by atoms with van der Waals surface area (Å²) in [4.78, 5) is 24.3. The molecule has 1 unspecified atom stereocenters. The number of hydrogen-bond donors (Lipinski definition) is 0. The van der Waals surface area contributed by atoms with Crippen molar-refractivity contribution in [3.05, 3.63) is 28.6 Å². The van der Waals surface area contributed by atoms with Gasteiger partial charge in [0.2, 0.25) is 0 Å². The van der Waals surface area contributed by atoms with E-state index < -0.39 is 17.9 Å². The smallest absolute Gasteiger partial charge is 0.266 e. The number of aliphatic carboxylic acids is 1. The van der Waals surface area contributed by atoms with Crippen LogP contribution in [-0.4, -0.2) is 27.1 Å². The predicted octanol–water partition coefficient (Wildman–Crippen LogP) is 0.928. The number of carboxylic acids is 1. The number of carboxylic acid groups (broad SMARTS) is 1. The molecule has 1 aliphatic heterocycles. The number of thiocarbonyl (C=S) groups is 1. The molecule has 1 saturated heterocycles. The number of carbonyl (C=O) groups is 2. The molecule has 0 aromatic carbocycles. The highest BCUT2D eigenvalue weighted by molar-refractivity contribution is 8.26. The Morgan fingerprint density at radius 3 is 2.79 bits per heavy atom. The molecule has 0 saturated carbocycles. The minimum absolute atomic E-state index is 0.205. The van der Waals surface area contributed by atoms with E-state index in [0.717, 1.165) is 22.4 Å². The van der Waals surface area contributed by atoms with Crippen LogP contribution in [0, 0.1) is 6.92 Å². The fourth-order valence-corrected chi connectivity index (χ4v) is 2.98. The molecule has 2 rings (SSSR count). The second-order valence-corrected chi connectivity index (χ2v) is 5.67. The highest BCUT2D eigenvalue weighted by Crippen LogP contribution is 2.33. The molecule has 1 aromatic heterocycles. The lowest BCUT2D eigenvalue weighted by Crippen LogP contribution is -2.48. The van der Waals surface area contributed by atoms with E-state index in [-0.39, 0.29) is 4.32 Å². The van der Waals surface area contributed by atoms with Crippen molar-refractivity contribution in [3.8, 4) is 0 Å². The Bertz CT molecular complexity index is 590. The first-order valence-electron chi connectivity index (χ1n) is 5.44. The Balaban J connectivity index is 2.27. The Morgan fingerprint density at radius 1 is 1.58 bits per heavy atom. The summed E-state index contributed by atoms with van der Waals surface area (Å²) in [7, 11) is 0. The lowest BCUT2D eigenvalue weighted by Gasteiger charge is -2.23. The van der Waals surface area contributed by atoms with Gasteiger partial charge in [-0.05, 0) is 26.0 Å². The number of aryl methyl sites for hydroxylation is 1. The molecule has 0 aliphatic carbocycles. The van der Waals surface area contributed by atoms with Crippen LogP contribution in [0.1, 0.15) is 18.4 Å². The molecule has 100 valence electrons. The van der Waals surface area contributed by atoms with Crippen LogP contribution < -0.4 is 5.11 Å². The number of furan rings is 1. The molecule has 1 fully saturated rings. The van der Waals surface area contributed by atoms with Gasteiger partial charge in [0.25, 0.3) is 5.91 Å². The van der Waals surface area contributed by atoms with Crippen molar-refractivity contribution in [1.82, 2.24) is 4.90 Å². The van der Waals surface area contributed by atoms with Gasteiger partial charge in [-0.1, -0.05) is 24.0 Å². The van der Waals surface area contributed by atoms with E-state index >= 15 is 0 Å². The Kier molecular flexibility index (Phi) is 3.77. The van der Waals surface area contributed by atoms with E-state index in [1.165, 1.54) is 6.92 Å². The van der Waals surface area contributed by atoms with Crippen LogP contribution in [0.3, 0.4) is 0 Å². The zero-order valence-electron chi connectivity index (χ0n) is 10.2. The third-order valence-electron chi connectivity index (χ3n) is 2.59. The van der Waals surface area contributed by atoms with Crippen LogP contribution in [0.5, 0.6) is 0 Å². The van der Waals surface area contributed by atoms with E-state index in [0.29, 0.717) is 10.7 Å². The second-order valence-electron chi connectivity index (χ2n) is 4.00. The number of carbonyl (C=O) groups excluding carboxylic acids is 2. The monoisotopic (exact) mass is 296 g/mol. The van der Waals surface area contributed by atoms with Crippen molar-refractivity contribution < 1.29 is 19.1 Å². The van der Waals surface area contributed by atoms with Gasteiger partial charge >= 0.3 is 0 Å². The summed E-state index contributed by atoms with van der Waals surface area (Å²) in [6.45, 7) is 3.15. The van der Waals surface area contributed by atoms with Gasteiger partial charge in [-0.3, -0.25) is 9.69 Å². The lowest BCUT2D eigenvalue weighted by atomic mass is 10.3. The maximum atomic E-state index is 12.1. The van der Waals surface area contributed by atoms with Crippen molar-refractivity contribution in [2.24, 2.45) is 0 Å². The van der Waals surface area contributed by atoms with Crippen LogP contribution in [0.15, 0.2) is 21.5 Å². The summed E-state index contributed by atoms with van der Waals surface area (Å²) < 4.78 is 5.54. The third kappa shape index (κ3) is 2.71. The van der Waals surface area contributed by atoms with Gasteiger partial charge in [-0.25, -0.2) is 0 Å². The standard InChI is InChI=1S/C12H11NO4S2/c1-6-3-4-8(17-6)5-9-10(14)13(12(18)19-9)7(2)11(15)16/h3-5,7H,1-2H3,(H,15,16)/p-1. The summed E-state index contributed by atoms with van der Waals surface area (Å²) in [5, 5.41) is 10.8. The molecular formula is C12H10NO4S2-. The maximum absolute atomic E-state index is 12.1. The molecule has 7 heteroatoms. The number of hydrogen-bond acceptors (Lipinski definition) is 6. The Labute approximate surface area is 119 Å². The fraction of sp³-hybridized carbons (Fsp3) is 0.250. The molecule has 1 aliphatic rings. The first kappa shape index (κ1) is 13.8. The van der Waals surface area contributed by atoms with Crippen LogP contribution in [0.2, 0.25) is 0 Å². The summed E-state index contributed by atoms with van der Waals surface area (Å²) in [5.41, 5.74) is 0. The first-order valence-corrected chi connectivity index (χ1v) is 6.67. The summed E-state index contributed by atoms with van der Waals surface area (Å²) in [6.07, 6.45) is 1.55. The van der Waals surface area contributed by atoms with Crippen LogP contribution in [0.4, 0.5) is 0 Å². The largest absolute Gasteiger partial charge is 0.548 e. The third-order valence-corrected chi connectivity index (χ3v) is 3.92. The Morgan fingerprint density at radius 2 is 2.26 bits per heavy atom. The molecule has 0 spiro atoms. The van der Waals surface area contributed by atoms with Crippen LogP contribution >= 0.6 is 24.0 Å². The van der Waals surface area contributed by atoms with Crippen molar-refractivity contribution in [1.29, 1.82) is 0 Å². The number of amides is 1. The predicted molar refractivity (Wildman–Crippen MR) is 72.9 cm³/mol. The second kappa shape index (κ2) is 5.18. The van der Waals surface area contributed by atoms with Crippen LogP contribution in [0.25, 0.3) is 6.08 Å². The SMILES string of the molecule is Cc1ccc(C=C2SC(=S)N(C(C)C(=O)[O-])C2=O)o1. The van der Waals surface area contributed by atoms with E-state index in [9.17, 15) is 14.7 Å². The summed E-state index contributed by atoms with van der Waals surface area (Å²) >= 11 is 6.07. The van der Waals surface area contributed by atoms with Gasteiger partial charge in [0.05, 0.1) is 16.9 Å². The number of nitrogens with zero attached hydrogens (tertiary/aromatic N) is 1. The van der Waals surface area contributed by atoms with Gasteiger partial charge in [0.15, 0.2) is 0 Å².